The molecular formula is C19H16ClF3N2O2. The highest BCUT2D eigenvalue weighted by atomic mass is 35.5. The Morgan fingerprint density at radius 1 is 1.19 bits per heavy atom. The van der Waals surface area contributed by atoms with Crippen molar-refractivity contribution < 1.29 is 22.8 Å². The fourth-order valence-electron chi connectivity index (χ4n) is 2.98. The van der Waals surface area contributed by atoms with Gasteiger partial charge in [0.25, 0.3) is 0 Å². The van der Waals surface area contributed by atoms with Gasteiger partial charge in [-0.25, -0.2) is 0 Å². The number of benzene rings is 2. The maximum atomic E-state index is 12.6. The van der Waals surface area contributed by atoms with Crippen LogP contribution < -0.4 is 10.2 Å². The van der Waals surface area contributed by atoms with E-state index in [2.05, 4.69) is 5.32 Å². The molecule has 4 nitrogen and oxygen atoms in total. The predicted molar refractivity (Wildman–Crippen MR) is 96.7 cm³/mol. The molecule has 2 aromatic carbocycles. The van der Waals surface area contributed by atoms with E-state index in [1.165, 1.54) is 17.0 Å². The maximum Gasteiger partial charge on any atom is 0.416 e. The second-order valence-electron chi connectivity index (χ2n) is 6.40. The monoisotopic (exact) mass is 396 g/mol. The van der Waals surface area contributed by atoms with Gasteiger partial charge in [0.05, 0.1) is 11.5 Å². The van der Waals surface area contributed by atoms with Gasteiger partial charge in [-0.2, -0.15) is 13.2 Å². The van der Waals surface area contributed by atoms with Crippen molar-refractivity contribution in [1.29, 1.82) is 0 Å². The van der Waals surface area contributed by atoms with Crippen molar-refractivity contribution in [1.82, 2.24) is 0 Å². The lowest BCUT2D eigenvalue weighted by Crippen LogP contribution is -2.28. The van der Waals surface area contributed by atoms with E-state index in [0.717, 1.165) is 17.7 Å². The van der Waals surface area contributed by atoms with Gasteiger partial charge in [0.1, 0.15) is 0 Å². The molecule has 3 rings (SSSR count). The molecule has 0 bridgehead atoms. The summed E-state index contributed by atoms with van der Waals surface area (Å²) in [7, 11) is 0. The summed E-state index contributed by atoms with van der Waals surface area (Å²) < 4.78 is 37.8. The number of carbonyl (C=O) groups excluding carboxylic acids is 2. The van der Waals surface area contributed by atoms with Gasteiger partial charge in [0.2, 0.25) is 11.8 Å². The van der Waals surface area contributed by atoms with Crippen LogP contribution in [0.2, 0.25) is 5.02 Å². The van der Waals surface area contributed by atoms with E-state index < -0.39 is 23.6 Å². The number of aryl methyl sites for hydroxylation is 1. The minimum atomic E-state index is -4.43. The van der Waals surface area contributed by atoms with Crippen LogP contribution in [0.1, 0.15) is 17.5 Å². The highest BCUT2D eigenvalue weighted by Gasteiger charge is 2.36. The lowest BCUT2D eigenvalue weighted by Gasteiger charge is -2.19. The number of nitrogens with one attached hydrogen (secondary N) is 1. The van der Waals surface area contributed by atoms with Crippen LogP contribution in [-0.2, 0) is 15.8 Å². The maximum absolute atomic E-state index is 12.6. The third kappa shape index (κ3) is 4.24. The molecule has 2 aromatic rings. The van der Waals surface area contributed by atoms with Crippen molar-refractivity contribution >= 4 is 34.8 Å². The zero-order valence-electron chi connectivity index (χ0n) is 14.3. The van der Waals surface area contributed by atoms with Gasteiger partial charge in [-0.15, -0.1) is 0 Å². The van der Waals surface area contributed by atoms with Gasteiger partial charge < -0.3 is 10.2 Å². The Morgan fingerprint density at radius 2 is 1.85 bits per heavy atom. The average Bonchev–Trinajstić information content (AvgIpc) is 2.98. The van der Waals surface area contributed by atoms with E-state index in [0.29, 0.717) is 10.7 Å². The molecule has 0 aliphatic carbocycles. The fourth-order valence-corrected chi connectivity index (χ4v) is 3.14. The van der Waals surface area contributed by atoms with Crippen LogP contribution in [0.25, 0.3) is 0 Å². The Bertz CT molecular complexity index is 882. The normalized spacial score (nSPS) is 17.3. The number of halogens is 4. The number of hydrogen-bond donors (Lipinski definition) is 1. The van der Waals surface area contributed by atoms with Gasteiger partial charge in [0.15, 0.2) is 0 Å². The SMILES string of the molecule is Cc1ccc(Cl)cc1N1CC(C(=O)Nc2ccc(C(F)(F)F)cc2)CC1=O. The van der Waals surface area contributed by atoms with Crippen molar-refractivity contribution in [3.63, 3.8) is 0 Å². The Labute approximate surface area is 158 Å². The quantitative estimate of drug-likeness (QED) is 0.820. The summed E-state index contributed by atoms with van der Waals surface area (Å²) in [4.78, 5) is 26.3. The fraction of sp³-hybridized carbons (Fsp3) is 0.263. The molecular weight excluding hydrogens is 381 g/mol. The smallest absolute Gasteiger partial charge is 0.326 e. The van der Waals surface area contributed by atoms with Crippen LogP contribution in [0, 0.1) is 12.8 Å². The standard InChI is InChI=1S/C19H16ClF3N2O2/c1-11-2-5-14(20)9-16(11)25-10-12(8-17(25)26)18(27)24-15-6-3-13(4-7-15)19(21,22)23/h2-7,9,12H,8,10H2,1H3,(H,24,27). The lowest BCUT2D eigenvalue weighted by molar-refractivity contribution is -0.137. The number of alkyl halides is 3. The van der Waals surface area contributed by atoms with Crippen LogP contribution in [0.3, 0.4) is 0 Å². The average molecular weight is 397 g/mol. The zero-order chi connectivity index (χ0) is 19.8. The zero-order valence-corrected chi connectivity index (χ0v) is 15.1. The summed E-state index contributed by atoms with van der Waals surface area (Å²) in [5.41, 5.74) is 0.964. The van der Waals surface area contributed by atoms with Crippen molar-refractivity contribution in [2.24, 2.45) is 5.92 Å². The minimum absolute atomic E-state index is 0.0262. The van der Waals surface area contributed by atoms with Crippen molar-refractivity contribution in [2.75, 3.05) is 16.8 Å². The molecule has 1 saturated heterocycles. The van der Waals surface area contributed by atoms with Crippen LogP contribution in [0.15, 0.2) is 42.5 Å². The summed E-state index contributed by atoms with van der Waals surface area (Å²) in [6, 6.07) is 9.36. The number of amides is 2. The summed E-state index contributed by atoms with van der Waals surface area (Å²) in [6.07, 6.45) is -4.41. The van der Waals surface area contributed by atoms with Crippen LogP contribution in [0.5, 0.6) is 0 Å². The van der Waals surface area contributed by atoms with E-state index in [1.54, 1.807) is 18.2 Å². The van der Waals surface area contributed by atoms with E-state index >= 15 is 0 Å². The highest BCUT2D eigenvalue weighted by Crippen LogP contribution is 2.32. The van der Waals surface area contributed by atoms with Crippen LogP contribution in [0.4, 0.5) is 24.5 Å². The first-order valence-corrected chi connectivity index (χ1v) is 8.57. The number of rotatable bonds is 3. The van der Waals surface area contributed by atoms with Crippen molar-refractivity contribution in [3.05, 3.63) is 58.6 Å². The molecule has 0 saturated carbocycles. The van der Waals surface area contributed by atoms with E-state index in [1.807, 2.05) is 6.92 Å². The van der Waals surface area contributed by atoms with E-state index in [4.69, 9.17) is 11.6 Å². The Balaban J connectivity index is 1.70. The van der Waals surface area contributed by atoms with Crippen LogP contribution in [-0.4, -0.2) is 18.4 Å². The molecule has 1 unspecified atom stereocenters. The molecule has 1 aliphatic heterocycles. The number of nitrogens with zero attached hydrogens (tertiary/aromatic N) is 1. The van der Waals surface area contributed by atoms with Gasteiger partial charge in [-0.3, -0.25) is 9.59 Å². The molecule has 1 N–H and O–H groups in total. The summed E-state index contributed by atoms with van der Waals surface area (Å²) in [5.74, 6) is -1.21. The first-order chi connectivity index (χ1) is 12.6. The lowest BCUT2D eigenvalue weighted by atomic mass is 10.1. The Morgan fingerprint density at radius 3 is 2.48 bits per heavy atom. The van der Waals surface area contributed by atoms with Crippen molar-refractivity contribution in [3.8, 4) is 0 Å². The van der Waals surface area contributed by atoms with E-state index in [9.17, 15) is 22.8 Å². The summed E-state index contributed by atoms with van der Waals surface area (Å²) >= 11 is 6.00. The molecule has 0 aromatic heterocycles. The number of hydrogen-bond acceptors (Lipinski definition) is 2. The molecule has 27 heavy (non-hydrogen) atoms. The Kier molecular flexibility index (Phi) is 5.15. The molecule has 8 heteroatoms. The van der Waals surface area contributed by atoms with Gasteiger partial charge in [0, 0.05) is 29.4 Å². The summed E-state index contributed by atoms with van der Waals surface area (Å²) in [5, 5.41) is 3.06. The molecule has 1 aliphatic rings. The molecule has 142 valence electrons. The minimum Gasteiger partial charge on any atom is -0.326 e. The number of anilines is 2. The third-order valence-corrected chi connectivity index (χ3v) is 4.67. The van der Waals surface area contributed by atoms with E-state index in [-0.39, 0.29) is 24.6 Å². The molecule has 0 spiro atoms. The second-order valence-corrected chi connectivity index (χ2v) is 6.84. The molecule has 2 amide bonds. The third-order valence-electron chi connectivity index (χ3n) is 4.44. The van der Waals surface area contributed by atoms with Gasteiger partial charge >= 0.3 is 6.18 Å². The molecule has 1 fully saturated rings. The van der Waals surface area contributed by atoms with Gasteiger partial charge in [-0.1, -0.05) is 17.7 Å². The largest absolute Gasteiger partial charge is 0.416 e. The first kappa shape index (κ1) is 19.2. The molecule has 0 radical (unpaired) electrons. The summed E-state index contributed by atoms with van der Waals surface area (Å²) in [6.45, 7) is 2.03. The highest BCUT2D eigenvalue weighted by molar-refractivity contribution is 6.31. The predicted octanol–water partition coefficient (Wildman–Crippen LogP) is 4.66. The van der Waals surface area contributed by atoms with Crippen molar-refractivity contribution in [2.45, 2.75) is 19.5 Å². The number of carbonyl (C=O) groups is 2. The topological polar surface area (TPSA) is 49.4 Å². The molecule has 1 atom stereocenters. The molecule has 1 heterocycles. The first-order valence-electron chi connectivity index (χ1n) is 8.20. The van der Waals surface area contributed by atoms with Crippen LogP contribution >= 0.6 is 11.6 Å². The second kappa shape index (κ2) is 7.23. The Hall–Kier alpha value is -2.54. The van der Waals surface area contributed by atoms with Gasteiger partial charge in [-0.05, 0) is 48.9 Å².